The van der Waals surface area contributed by atoms with Crippen LogP contribution in [-0.4, -0.2) is 20.5 Å². The summed E-state index contributed by atoms with van der Waals surface area (Å²) < 4.78 is 13.0. The van der Waals surface area contributed by atoms with Gasteiger partial charge in [-0.2, -0.15) is 0 Å². The van der Waals surface area contributed by atoms with Crippen LogP contribution >= 0.6 is 0 Å². The molecule has 0 saturated carbocycles. The molecule has 0 saturated heterocycles. The Kier molecular flexibility index (Phi) is 4.80. The van der Waals surface area contributed by atoms with Gasteiger partial charge in [-0.25, -0.2) is 9.78 Å². The van der Waals surface area contributed by atoms with E-state index in [1.54, 1.807) is 37.5 Å². The lowest BCUT2D eigenvalue weighted by Crippen LogP contribution is -2.17. The van der Waals surface area contributed by atoms with Gasteiger partial charge in [-0.15, -0.1) is 0 Å². The second-order valence-corrected chi connectivity index (χ2v) is 6.97. The van der Waals surface area contributed by atoms with Crippen LogP contribution in [0.2, 0.25) is 0 Å². The molecule has 1 aromatic carbocycles. The number of ether oxygens (including phenoxy) is 1. The monoisotopic (exact) mass is 391 g/mol. The van der Waals surface area contributed by atoms with Gasteiger partial charge in [0.15, 0.2) is 11.9 Å². The van der Waals surface area contributed by atoms with Crippen molar-refractivity contribution in [2.45, 2.75) is 33.4 Å². The molecule has 4 rings (SSSR count). The number of furan rings is 1. The van der Waals surface area contributed by atoms with Crippen molar-refractivity contribution >= 4 is 16.9 Å². The van der Waals surface area contributed by atoms with E-state index in [1.165, 1.54) is 0 Å². The Balaban J connectivity index is 1.57. The number of aromatic nitrogens is 3. The van der Waals surface area contributed by atoms with E-state index >= 15 is 0 Å². The van der Waals surface area contributed by atoms with Crippen LogP contribution in [0.4, 0.5) is 0 Å². The third-order valence-electron chi connectivity index (χ3n) is 4.99. The highest BCUT2D eigenvalue weighted by Gasteiger charge is 2.21. The second kappa shape index (κ2) is 7.43. The lowest BCUT2D eigenvalue weighted by Gasteiger charge is -2.13. The largest absolute Gasteiger partial charge is 0.467 e. The number of hydrogen-bond acceptors (Lipinski definition) is 5. The molecule has 0 radical (unpaired) electrons. The first-order valence-electron chi connectivity index (χ1n) is 9.33. The molecule has 7 nitrogen and oxygen atoms in total. The molecule has 3 aromatic heterocycles. The number of rotatable bonds is 5. The highest BCUT2D eigenvalue weighted by Crippen LogP contribution is 2.22. The summed E-state index contributed by atoms with van der Waals surface area (Å²) in [5.74, 6) is 0.650. The van der Waals surface area contributed by atoms with E-state index in [0.717, 1.165) is 17.1 Å². The first-order chi connectivity index (χ1) is 13.9. The highest BCUT2D eigenvalue weighted by atomic mass is 16.5. The number of nitrogens with zero attached hydrogens (tertiary/aromatic N) is 2. The fourth-order valence-electron chi connectivity index (χ4n) is 3.39. The minimum absolute atomic E-state index is 0.259. The van der Waals surface area contributed by atoms with E-state index in [-0.39, 0.29) is 5.56 Å². The number of esters is 1. The van der Waals surface area contributed by atoms with Crippen LogP contribution in [0, 0.1) is 13.8 Å². The average Bonchev–Trinajstić information content (AvgIpc) is 3.31. The number of fused-ring (bicyclic) bond motifs is 1. The van der Waals surface area contributed by atoms with Crippen molar-refractivity contribution < 1.29 is 13.9 Å². The first kappa shape index (κ1) is 18.7. The average molecular weight is 391 g/mol. The first-order valence-corrected chi connectivity index (χ1v) is 9.33. The van der Waals surface area contributed by atoms with Gasteiger partial charge >= 0.3 is 5.97 Å². The third-order valence-corrected chi connectivity index (χ3v) is 4.99. The summed E-state index contributed by atoms with van der Waals surface area (Å²) in [6.07, 6.45) is 0.922. The van der Waals surface area contributed by atoms with Crippen molar-refractivity contribution in [1.29, 1.82) is 0 Å². The van der Waals surface area contributed by atoms with Crippen LogP contribution in [0.5, 0.6) is 0 Å². The molecule has 29 heavy (non-hydrogen) atoms. The maximum Gasteiger partial charge on any atom is 0.340 e. The maximum absolute atomic E-state index is 12.8. The van der Waals surface area contributed by atoms with Gasteiger partial charge in [-0.1, -0.05) is 12.1 Å². The molecule has 0 aliphatic carbocycles. The van der Waals surface area contributed by atoms with E-state index < -0.39 is 12.1 Å². The summed E-state index contributed by atoms with van der Waals surface area (Å²) in [5.41, 5.74) is 2.49. The molecule has 0 aliphatic rings. The lowest BCUT2D eigenvalue weighted by molar-refractivity contribution is 0.0319. The van der Waals surface area contributed by atoms with E-state index in [1.807, 2.05) is 36.6 Å². The second-order valence-electron chi connectivity index (χ2n) is 6.97. The Bertz CT molecular complexity index is 1230. The molecule has 1 N–H and O–H groups in total. The van der Waals surface area contributed by atoms with Gasteiger partial charge in [0.2, 0.25) is 0 Å². The molecule has 0 bridgehead atoms. The molecule has 148 valence electrons. The van der Waals surface area contributed by atoms with Gasteiger partial charge in [-0.05, 0) is 51.1 Å². The Morgan fingerprint density at radius 2 is 2.03 bits per heavy atom. The predicted molar refractivity (Wildman–Crippen MR) is 108 cm³/mol. The lowest BCUT2D eigenvalue weighted by atomic mass is 10.2. The van der Waals surface area contributed by atoms with Gasteiger partial charge in [0.1, 0.15) is 5.76 Å². The number of benzene rings is 1. The molecule has 1 atom stereocenters. The Morgan fingerprint density at radius 1 is 1.24 bits per heavy atom. The summed E-state index contributed by atoms with van der Waals surface area (Å²) >= 11 is 0. The molecule has 3 heterocycles. The number of hydrogen-bond donors (Lipinski definition) is 1. The van der Waals surface area contributed by atoms with Gasteiger partial charge < -0.3 is 18.7 Å². The zero-order valence-corrected chi connectivity index (χ0v) is 16.4. The summed E-state index contributed by atoms with van der Waals surface area (Å²) in [6.45, 7) is 6.02. The van der Waals surface area contributed by atoms with E-state index in [0.29, 0.717) is 28.8 Å². The Morgan fingerprint density at radius 3 is 2.79 bits per heavy atom. The SMILES string of the molecule is Cc1cc(C(=O)O[C@@H](C)c2nc3ccccc3c(=O)[nH]2)c(C)n1Cc1ccco1. The topological polar surface area (TPSA) is 90.1 Å². The molecule has 0 unspecified atom stereocenters. The van der Waals surface area contributed by atoms with Crippen molar-refractivity contribution in [3.63, 3.8) is 0 Å². The number of nitrogens with one attached hydrogen (secondary N) is 1. The van der Waals surface area contributed by atoms with Crippen LogP contribution in [0.25, 0.3) is 10.9 Å². The van der Waals surface area contributed by atoms with Crippen molar-refractivity contribution in [3.05, 3.63) is 87.6 Å². The van der Waals surface area contributed by atoms with Crippen LogP contribution in [0.3, 0.4) is 0 Å². The Labute approximate surface area is 167 Å². The van der Waals surface area contributed by atoms with Gasteiger partial charge in [-0.3, -0.25) is 4.79 Å². The number of carbonyl (C=O) groups is 1. The normalized spacial score (nSPS) is 12.2. The van der Waals surface area contributed by atoms with Crippen LogP contribution in [0.15, 0.2) is 57.9 Å². The fraction of sp³-hybridized carbons (Fsp3) is 0.227. The summed E-state index contributed by atoms with van der Waals surface area (Å²) in [5, 5.41) is 0.497. The number of carbonyl (C=O) groups excluding carboxylic acids is 1. The zero-order valence-electron chi connectivity index (χ0n) is 16.4. The van der Waals surface area contributed by atoms with E-state index in [2.05, 4.69) is 9.97 Å². The highest BCUT2D eigenvalue weighted by molar-refractivity contribution is 5.91. The number of aryl methyl sites for hydroxylation is 1. The smallest absolute Gasteiger partial charge is 0.340 e. The maximum atomic E-state index is 12.8. The summed E-state index contributed by atoms with van der Waals surface area (Å²) in [7, 11) is 0. The van der Waals surface area contributed by atoms with Crippen molar-refractivity contribution in [2.75, 3.05) is 0 Å². The molecular weight excluding hydrogens is 370 g/mol. The molecule has 0 amide bonds. The summed E-state index contributed by atoms with van der Waals surface area (Å²) in [4.78, 5) is 32.2. The predicted octanol–water partition coefficient (Wildman–Crippen LogP) is 3.90. The zero-order chi connectivity index (χ0) is 20.5. The van der Waals surface area contributed by atoms with Crippen molar-refractivity contribution in [3.8, 4) is 0 Å². The Hall–Kier alpha value is -3.61. The number of para-hydroxylation sites is 1. The van der Waals surface area contributed by atoms with Crippen molar-refractivity contribution in [2.24, 2.45) is 0 Å². The number of aromatic amines is 1. The minimum atomic E-state index is -0.701. The molecule has 0 fully saturated rings. The van der Waals surface area contributed by atoms with Gasteiger partial charge in [0.05, 0.1) is 29.3 Å². The number of H-pyrrole nitrogens is 1. The molecule has 0 spiro atoms. The fourth-order valence-corrected chi connectivity index (χ4v) is 3.39. The van der Waals surface area contributed by atoms with Gasteiger partial charge in [0, 0.05) is 11.4 Å². The van der Waals surface area contributed by atoms with Gasteiger partial charge in [0.25, 0.3) is 5.56 Å². The molecular formula is C22H21N3O4. The van der Waals surface area contributed by atoms with Crippen LogP contribution in [-0.2, 0) is 11.3 Å². The summed E-state index contributed by atoms with van der Waals surface area (Å²) in [6, 6.07) is 12.6. The third kappa shape index (κ3) is 3.59. The minimum Gasteiger partial charge on any atom is -0.467 e. The van der Waals surface area contributed by atoms with Crippen LogP contribution < -0.4 is 5.56 Å². The van der Waals surface area contributed by atoms with Crippen LogP contribution in [0.1, 0.15) is 46.4 Å². The quantitative estimate of drug-likeness (QED) is 0.521. The molecule has 0 aliphatic heterocycles. The standard InChI is InChI=1S/C22H21N3O4/c1-13-11-18(14(2)25(13)12-16-7-6-10-28-16)22(27)29-15(3)20-23-19-9-5-4-8-17(19)21(26)24-20/h4-11,15H,12H2,1-3H3,(H,23,24,26)/t15-/m0/s1. The van der Waals surface area contributed by atoms with Crippen molar-refractivity contribution in [1.82, 2.24) is 14.5 Å². The van der Waals surface area contributed by atoms with E-state index in [9.17, 15) is 9.59 Å². The molecule has 4 aromatic rings. The molecule has 7 heteroatoms. The van der Waals surface area contributed by atoms with E-state index in [4.69, 9.17) is 9.15 Å².